The number of nitrogens with one attached hydrogen (secondary N) is 1. The molecule has 0 saturated heterocycles. The summed E-state index contributed by atoms with van der Waals surface area (Å²) in [6.07, 6.45) is 4.57. The lowest BCUT2D eigenvalue weighted by Crippen LogP contribution is -2.40. The molecule has 0 radical (unpaired) electrons. The molecule has 1 aromatic rings. The highest BCUT2D eigenvalue weighted by atomic mass is 32.2. The van der Waals surface area contributed by atoms with Crippen molar-refractivity contribution in [2.75, 3.05) is 12.3 Å². The summed E-state index contributed by atoms with van der Waals surface area (Å²) < 4.78 is 26.8. The van der Waals surface area contributed by atoms with Crippen molar-refractivity contribution in [2.45, 2.75) is 44.9 Å². The fourth-order valence-corrected chi connectivity index (χ4v) is 5.20. The van der Waals surface area contributed by atoms with E-state index in [0.717, 1.165) is 12.8 Å². The quantitative estimate of drug-likeness (QED) is 0.877. The van der Waals surface area contributed by atoms with Crippen LogP contribution in [0.1, 0.15) is 45.1 Å². The van der Waals surface area contributed by atoms with Crippen LogP contribution in [0.4, 0.5) is 0 Å². The maximum Gasteiger partial charge on any atom is 0.211 e. The molecule has 0 aromatic carbocycles. The van der Waals surface area contributed by atoms with Gasteiger partial charge in [-0.05, 0) is 41.1 Å². The third-order valence-electron chi connectivity index (χ3n) is 3.88. The molecule has 3 nitrogen and oxygen atoms in total. The van der Waals surface area contributed by atoms with E-state index in [9.17, 15) is 8.42 Å². The smallest absolute Gasteiger partial charge is 0.211 e. The first-order valence-corrected chi connectivity index (χ1v) is 9.53. The number of rotatable bonds is 6. The molecule has 1 fully saturated rings. The zero-order valence-electron chi connectivity index (χ0n) is 11.7. The van der Waals surface area contributed by atoms with Gasteiger partial charge in [0.15, 0.2) is 0 Å². The van der Waals surface area contributed by atoms with Crippen molar-refractivity contribution in [3.63, 3.8) is 0 Å². The number of hydrogen-bond acceptors (Lipinski definition) is 3. The van der Waals surface area contributed by atoms with Crippen LogP contribution in [0.2, 0.25) is 0 Å². The summed E-state index contributed by atoms with van der Waals surface area (Å²) in [5.74, 6) is 0.380. The Morgan fingerprint density at radius 1 is 1.37 bits per heavy atom. The molecule has 108 valence electrons. The molecule has 0 spiro atoms. The Kier molecular flexibility index (Phi) is 4.69. The summed E-state index contributed by atoms with van der Waals surface area (Å²) in [6.45, 7) is 4.42. The molecule has 0 atom stereocenters. The molecule has 1 aromatic heterocycles. The predicted molar refractivity (Wildman–Crippen MR) is 81.1 cm³/mol. The summed E-state index contributed by atoms with van der Waals surface area (Å²) in [7, 11) is -3.14. The number of hydrogen-bond donors (Lipinski definition) is 1. The third kappa shape index (κ3) is 3.80. The average molecular weight is 301 g/mol. The van der Waals surface area contributed by atoms with Gasteiger partial charge >= 0.3 is 0 Å². The first-order chi connectivity index (χ1) is 8.94. The molecule has 0 unspecified atom stereocenters. The lowest BCUT2D eigenvalue weighted by molar-refractivity contribution is 0.432. The Hall–Kier alpha value is -0.390. The maximum atomic E-state index is 12.0. The van der Waals surface area contributed by atoms with Crippen molar-refractivity contribution >= 4 is 21.4 Å². The molecule has 0 amide bonds. The van der Waals surface area contributed by atoms with Gasteiger partial charge in [-0.15, -0.1) is 0 Å². The highest BCUT2D eigenvalue weighted by Gasteiger charge is 2.36. The zero-order valence-corrected chi connectivity index (χ0v) is 13.3. The zero-order chi connectivity index (χ0) is 13.9. The van der Waals surface area contributed by atoms with Gasteiger partial charge in [0.25, 0.3) is 0 Å². The van der Waals surface area contributed by atoms with Crippen LogP contribution in [0, 0.1) is 5.92 Å². The fourth-order valence-electron chi connectivity index (χ4n) is 2.93. The Bertz CT molecular complexity index is 486. The molecule has 2 rings (SSSR count). The second-order valence-corrected chi connectivity index (χ2v) is 8.63. The topological polar surface area (TPSA) is 46.2 Å². The van der Waals surface area contributed by atoms with Crippen LogP contribution in [0.5, 0.6) is 0 Å². The summed E-state index contributed by atoms with van der Waals surface area (Å²) >= 11 is 1.69. The molecule has 0 aliphatic heterocycles. The lowest BCUT2D eigenvalue weighted by Gasteiger charge is -2.28. The van der Waals surface area contributed by atoms with Crippen molar-refractivity contribution in [2.24, 2.45) is 5.92 Å². The van der Waals surface area contributed by atoms with Gasteiger partial charge in [0.2, 0.25) is 10.0 Å². The first kappa shape index (κ1) is 15.0. The van der Waals surface area contributed by atoms with E-state index in [4.69, 9.17) is 0 Å². The second-order valence-electron chi connectivity index (χ2n) is 6.00. The lowest BCUT2D eigenvalue weighted by atomic mass is 9.81. The van der Waals surface area contributed by atoms with Crippen LogP contribution < -0.4 is 4.72 Å². The average Bonchev–Trinajstić information content (AvgIpc) is 2.97. The highest BCUT2D eigenvalue weighted by Crippen LogP contribution is 2.41. The predicted octanol–water partition coefficient (Wildman–Crippen LogP) is 3.14. The van der Waals surface area contributed by atoms with Gasteiger partial charge in [-0.3, -0.25) is 0 Å². The standard InChI is InChI=1S/C14H23NO2S2/c1-12(2)10-19(16,17)15-11-14(6-3-4-7-14)13-5-8-18-9-13/h5,8-9,12,15H,3-4,6-7,10-11H2,1-2H3. The van der Waals surface area contributed by atoms with Gasteiger partial charge in [-0.1, -0.05) is 26.7 Å². The summed E-state index contributed by atoms with van der Waals surface area (Å²) in [5.41, 5.74) is 1.34. The van der Waals surface area contributed by atoms with Gasteiger partial charge in [0, 0.05) is 12.0 Å². The van der Waals surface area contributed by atoms with Gasteiger partial charge in [0.1, 0.15) is 0 Å². The van der Waals surface area contributed by atoms with Crippen LogP contribution >= 0.6 is 11.3 Å². The fraction of sp³-hybridized carbons (Fsp3) is 0.714. The summed E-state index contributed by atoms with van der Waals surface area (Å²) in [4.78, 5) is 0. The molecule has 1 aliphatic rings. The molecular weight excluding hydrogens is 278 g/mol. The van der Waals surface area contributed by atoms with Crippen LogP contribution in [-0.4, -0.2) is 20.7 Å². The van der Waals surface area contributed by atoms with Crippen molar-refractivity contribution in [3.8, 4) is 0 Å². The summed E-state index contributed by atoms with van der Waals surface area (Å²) in [6, 6.07) is 2.15. The van der Waals surface area contributed by atoms with Gasteiger partial charge < -0.3 is 0 Å². The number of sulfonamides is 1. The van der Waals surface area contributed by atoms with Crippen molar-refractivity contribution < 1.29 is 8.42 Å². The van der Waals surface area contributed by atoms with E-state index in [-0.39, 0.29) is 17.1 Å². The SMILES string of the molecule is CC(C)CS(=O)(=O)NCC1(c2ccsc2)CCCC1. The molecule has 0 bridgehead atoms. The minimum atomic E-state index is -3.14. The van der Waals surface area contributed by atoms with Gasteiger partial charge in [0.05, 0.1) is 5.75 Å². The Morgan fingerprint density at radius 3 is 2.58 bits per heavy atom. The van der Waals surface area contributed by atoms with Crippen LogP contribution in [0.3, 0.4) is 0 Å². The molecule has 5 heteroatoms. The molecule has 19 heavy (non-hydrogen) atoms. The first-order valence-electron chi connectivity index (χ1n) is 6.94. The second kappa shape index (κ2) is 5.94. The molecule has 1 N–H and O–H groups in total. The largest absolute Gasteiger partial charge is 0.214 e. The molecule has 1 aliphatic carbocycles. The Balaban J connectivity index is 2.07. The Morgan fingerprint density at radius 2 is 2.05 bits per heavy atom. The van der Waals surface area contributed by atoms with E-state index in [1.54, 1.807) is 11.3 Å². The minimum Gasteiger partial charge on any atom is -0.214 e. The van der Waals surface area contributed by atoms with Crippen molar-refractivity contribution in [3.05, 3.63) is 22.4 Å². The molecule has 1 saturated carbocycles. The van der Waals surface area contributed by atoms with Crippen molar-refractivity contribution in [1.29, 1.82) is 0 Å². The molecule has 1 heterocycles. The highest BCUT2D eigenvalue weighted by molar-refractivity contribution is 7.89. The minimum absolute atomic E-state index is 0.0318. The Labute approximate surface area is 120 Å². The number of thiophene rings is 1. The van der Waals surface area contributed by atoms with E-state index < -0.39 is 10.0 Å². The van der Waals surface area contributed by atoms with Crippen LogP contribution in [0.15, 0.2) is 16.8 Å². The van der Waals surface area contributed by atoms with Crippen LogP contribution in [0.25, 0.3) is 0 Å². The van der Waals surface area contributed by atoms with E-state index in [0.29, 0.717) is 6.54 Å². The maximum absolute atomic E-state index is 12.0. The normalized spacial score (nSPS) is 19.1. The van der Waals surface area contributed by atoms with E-state index in [2.05, 4.69) is 21.5 Å². The van der Waals surface area contributed by atoms with E-state index in [1.807, 2.05) is 13.8 Å². The third-order valence-corrected chi connectivity index (χ3v) is 6.25. The van der Waals surface area contributed by atoms with Gasteiger partial charge in [-0.25, -0.2) is 13.1 Å². The van der Waals surface area contributed by atoms with Crippen molar-refractivity contribution in [1.82, 2.24) is 4.72 Å². The van der Waals surface area contributed by atoms with E-state index >= 15 is 0 Å². The van der Waals surface area contributed by atoms with Crippen LogP contribution in [-0.2, 0) is 15.4 Å². The molecular formula is C14H23NO2S2. The van der Waals surface area contributed by atoms with E-state index in [1.165, 1.54) is 18.4 Å². The monoisotopic (exact) mass is 301 g/mol. The van der Waals surface area contributed by atoms with Gasteiger partial charge in [-0.2, -0.15) is 11.3 Å². The summed E-state index contributed by atoms with van der Waals surface area (Å²) in [5, 5.41) is 4.25.